The lowest BCUT2D eigenvalue weighted by Crippen LogP contribution is -2.71. The second-order valence-corrected chi connectivity index (χ2v) is 10.3. The van der Waals surface area contributed by atoms with E-state index in [0.717, 1.165) is 18.5 Å². The van der Waals surface area contributed by atoms with E-state index in [4.69, 9.17) is 5.73 Å². The molecule has 172 valence electrons. The topological polar surface area (TPSA) is 91.2 Å². The summed E-state index contributed by atoms with van der Waals surface area (Å²) in [5, 5.41) is 14.0. The second-order valence-electron chi connectivity index (χ2n) is 8.86. The molecule has 32 heavy (non-hydrogen) atoms. The molecule has 0 aromatic heterocycles. The van der Waals surface area contributed by atoms with Gasteiger partial charge < -0.3 is 16.4 Å². The summed E-state index contributed by atoms with van der Waals surface area (Å²) in [4.78, 5) is 12.0. The van der Waals surface area contributed by atoms with Crippen molar-refractivity contribution in [1.29, 1.82) is 0 Å². The molecule has 3 atom stereocenters. The van der Waals surface area contributed by atoms with Crippen molar-refractivity contribution in [2.24, 2.45) is 11.7 Å². The maximum atomic E-state index is 14.4. The number of amides is 1. The molecule has 0 bridgehead atoms. The quantitative estimate of drug-likeness (QED) is 0.379. The number of hydrogen-bond acceptors (Lipinski definition) is 5. The van der Waals surface area contributed by atoms with Crippen molar-refractivity contribution in [2.75, 3.05) is 17.2 Å². The van der Waals surface area contributed by atoms with Crippen LogP contribution in [0.4, 0.5) is 15.8 Å². The van der Waals surface area contributed by atoms with E-state index in [1.54, 1.807) is 12.1 Å². The van der Waals surface area contributed by atoms with Crippen LogP contribution in [0.5, 0.6) is 0 Å². The van der Waals surface area contributed by atoms with Gasteiger partial charge in [0, 0.05) is 12.2 Å². The van der Waals surface area contributed by atoms with E-state index in [-0.39, 0.29) is 22.3 Å². The number of hydrogen-bond donors (Lipinski definition) is 5. The molecule has 3 unspecified atom stereocenters. The average Bonchev–Trinajstić information content (AvgIpc) is 2.78. The van der Waals surface area contributed by atoms with E-state index in [9.17, 15) is 9.18 Å². The van der Waals surface area contributed by atoms with Gasteiger partial charge in [0.25, 0.3) is 5.91 Å². The van der Waals surface area contributed by atoms with Crippen LogP contribution in [-0.4, -0.2) is 29.2 Å². The third kappa shape index (κ3) is 4.92. The molecule has 6 N–H and O–H groups in total. The molecule has 1 heterocycles. The Labute approximate surface area is 197 Å². The highest BCUT2D eigenvalue weighted by molar-refractivity contribution is 9.10. The number of halogens is 2. The summed E-state index contributed by atoms with van der Waals surface area (Å²) in [6.45, 7) is 2.76. The van der Waals surface area contributed by atoms with E-state index >= 15 is 0 Å². The summed E-state index contributed by atoms with van der Waals surface area (Å²) in [7, 11) is 0. The summed E-state index contributed by atoms with van der Waals surface area (Å²) < 4.78 is 14.1. The zero-order valence-corrected chi connectivity index (χ0v) is 19.8. The largest absolute Gasteiger partial charge is 0.368 e. The maximum Gasteiger partial charge on any atom is 0.253 e. The summed E-state index contributed by atoms with van der Waals surface area (Å²) in [6, 6.07) is 12.7. The van der Waals surface area contributed by atoms with Crippen molar-refractivity contribution in [2.45, 2.75) is 55.8 Å². The number of carbonyl (C=O) groups is 1. The number of anilines is 2. The Balaban J connectivity index is 1.60. The number of primary amides is 1. The Hall–Kier alpha value is -2.16. The molecular weight excluding hydrogens is 473 g/mol. The van der Waals surface area contributed by atoms with Crippen LogP contribution < -0.4 is 27.0 Å². The lowest BCUT2D eigenvalue weighted by Gasteiger charge is -2.50. The Morgan fingerprint density at radius 3 is 2.53 bits per heavy atom. The summed E-state index contributed by atoms with van der Waals surface area (Å²) >= 11 is 4.06. The number of aryl methyl sites for hydroxylation is 1. The first-order valence-electron chi connectivity index (χ1n) is 11.2. The minimum Gasteiger partial charge on any atom is -0.368 e. The monoisotopic (exact) mass is 503 g/mol. The van der Waals surface area contributed by atoms with Crippen LogP contribution in [0.25, 0.3) is 0 Å². The van der Waals surface area contributed by atoms with Gasteiger partial charge in [0.15, 0.2) is 0 Å². The van der Waals surface area contributed by atoms with Gasteiger partial charge in [0.2, 0.25) is 0 Å². The van der Waals surface area contributed by atoms with Crippen molar-refractivity contribution >= 4 is 33.2 Å². The minimum atomic E-state index is -0.785. The summed E-state index contributed by atoms with van der Waals surface area (Å²) in [6.07, 6.45) is 5.41. The van der Waals surface area contributed by atoms with Gasteiger partial charge in [-0.3, -0.25) is 15.4 Å². The molecule has 6 nitrogen and oxygen atoms in total. The van der Waals surface area contributed by atoms with Gasteiger partial charge in [-0.05, 0) is 49.9 Å². The Bertz CT molecular complexity index is 950. The SMILES string of the molecule is Cc1ccc(NC2NCC(Br)(C3CCCCC3)C(Nc3cccc(F)c3C(N)=O)N2)cc1. The first-order chi connectivity index (χ1) is 15.4. The van der Waals surface area contributed by atoms with E-state index < -0.39 is 11.7 Å². The third-order valence-corrected chi connectivity index (χ3v) is 7.98. The maximum absolute atomic E-state index is 14.4. The first kappa shape index (κ1) is 23.0. The van der Waals surface area contributed by atoms with Gasteiger partial charge in [0.1, 0.15) is 12.1 Å². The number of alkyl halides is 1. The van der Waals surface area contributed by atoms with Crippen molar-refractivity contribution in [3.05, 3.63) is 59.4 Å². The van der Waals surface area contributed by atoms with Crippen molar-refractivity contribution in [3.63, 3.8) is 0 Å². The molecule has 1 aliphatic carbocycles. The zero-order valence-electron chi connectivity index (χ0n) is 18.3. The molecule has 2 aliphatic rings. The van der Waals surface area contributed by atoms with E-state index in [2.05, 4.69) is 56.3 Å². The van der Waals surface area contributed by atoms with Crippen LogP contribution in [0.3, 0.4) is 0 Å². The van der Waals surface area contributed by atoms with Gasteiger partial charge >= 0.3 is 0 Å². The molecule has 1 amide bonds. The molecule has 0 radical (unpaired) electrons. The predicted octanol–water partition coefficient (Wildman–Crippen LogP) is 4.27. The van der Waals surface area contributed by atoms with Crippen LogP contribution in [-0.2, 0) is 0 Å². The fraction of sp³-hybridized carbons (Fsp3) is 0.458. The van der Waals surface area contributed by atoms with Gasteiger partial charge in [-0.15, -0.1) is 0 Å². The molecule has 1 saturated carbocycles. The molecule has 2 aromatic rings. The van der Waals surface area contributed by atoms with Crippen molar-refractivity contribution in [1.82, 2.24) is 10.6 Å². The van der Waals surface area contributed by atoms with Crippen molar-refractivity contribution < 1.29 is 9.18 Å². The molecule has 1 aliphatic heterocycles. The fourth-order valence-corrected chi connectivity index (χ4v) is 5.67. The van der Waals surface area contributed by atoms with Crippen LogP contribution in [0, 0.1) is 18.7 Å². The highest BCUT2D eigenvalue weighted by atomic mass is 79.9. The normalized spacial score (nSPS) is 26.5. The fourth-order valence-electron chi connectivity index (χ4n) is 4.81. The third-order valence-electron chi connectivity index (χ3n) is 6.60. The smallest absolute Gasteiger partial charge is 0.253 e. The molecule has 1 saturated heterocycles. The second kappa shape index (κ2) is 9.77. The molecular formula is C24H31BrFN5O. The van der Waals surface area contributed by atoms with Crippen LogP contribution >= 0.6 is 15.9 Å². The average molecular weight is 504 g/mol. The summed E-state index contributed by atoms with van der Waals surface area (Å²) in [5.41, 5.74) is 7.96. The highest BCUT2D eigenvalue weighted by Gasteiger charge is 2.47. The van der Waals surface area contributed by atoms with E-state index in [0.29, 0.717) is 18.2 Å². The first-order valence-corrected chi connectivity index (χ1v) is 12.0. The van der Waals surface area contributed by atoms with Crippen molar-refractivity contribution in [3.8, 4) is 0 Å². The minimum absolute atomic E-state index is 0.116. The Morgan fingerprint density at radius 1 is 1.12 bits per heavy atom. The van der Waals surface area contributed by atoms with E-state index in [1.807, 2.05) is 12.1 Å². The summed E-state index contributed by atoms with van der Waals surface area (Å²) in [5.74, 6) is -0.977. The van der Waals surface area contributed by atoms with Crippen LogP contribution in [0.15, 0.2) is 42.5 Å². The standard InChI is InChI=1S/C24H31BrFN5O/c1-15-10-12-17(13-11-15)29-23-28-14-24(25,16-6-3-2-4-7-16)22(31-23)30-19-9-5-8-18(26)20(19)21(27)32/h5,8-13,16,22-23,28-31H,2-4,6-7,14H2,1H3,(H2,27,32). The molecule has 2 aromatic carbocycles. The van der Waals surface area contributed by atoms with Gasteiger partial charge in [-0.2, -0.15) is 0 Å². The zero-order chi connectivity index (χ0) is 22.7. The molecule has 8 heteroatoms. The number of rotatable bonds is 6. The van der Waals surface area contributed by atoms with Crippen LogP contribution in [0.2, 0.25) is 0 Å². The highest BCUT2D eigenvalue weighted by Crippen LogP contribution is 2.42. The predicted molar refractivity (Wildman–Crippen MR) is 130 cm³/mol. The van der Waals surface area contributed by atoms with Crippen LogP contribution in [0.1, 0.15) is 48.0 Å². The molecule has 0 spiro atoms. The number of carbonyl (C=O) groups excluding carboxylic acids is 1. The molecule has 2 fully saturated rings. The number of benzene rings is 2. The lowest BCUT2D eigenvalue weighted by atomic mass is 9.77. The number of nitrogens with one attached hydrogen (secondary N) is 4. The number of nitrogens with two attached hydrogens (primary N) is 1. The van der Waals surface area contributed by atoms with Gasteiger partial charge in [0.05, 0.1) is 21.7 Å². The Kier molecular flexibility index (Phi) is 7.02. The molecule has 4 rings (SSSR count). The van der Waals surface area contributed by atoms with Gasteiger partial charge in [-0.25, -0.2) is 4.39 Å². The van der Waals surface area contributed by atoms with E-state index in [1.165, 1.54) is 30.9 Å². The Morgan fingerprint density at radius 2 is 1.84 bits per heavy atom. The van der Waals surface area contributed by atoms with Gasteiger partial charge in [-0.1, -0.05) is 59.0 Å². The lowest BCUT2D eigenvalue weighted by molar-refractivity contribution is 0.0997.